The molecular formula is C21H18N2O3S. The quantitative estimate of drug-likeness (QED) is 0.411. The second kappa shape index (κ2) is 6.63. The van der Waals surface area contributed by atoms with E-state index in [4.69, 9.17) is 14.5 Å². The third-order valence-corrected chi connectivity index (χ3v) is 4.98. The lowest BCUT2D eigenvalue weighted by Gasteiger charge is -2.18. The van der Waals surface area contributed by atoms with Gasteiger partial charge < -0.3 is 9.47 Å². The average molecular weight is 378 g/mol. The number of hydrogen-bond acceptors (Lipinski definition) is 6. The number of nitrogens with zero attached hydrogens (tertiary/aromatic N) is 2. The van der Waals surface area contributed by atoms with Crippen LogP contribution in [0.15, 0.2) is 54.7 Å². The summed E-state index contributed by atoms with van der Waals surface area (Å²) in [6, 6.07) is 15.4. The van der Waals surface area contributed by atoms with Crippen molar-refractivity contribution in [1.29, 1.82) is 0 Å². The van der Waals surface area contributed by atoms with Crippen molar-refractivity contribution in [2.45, 2.75) is 26.4 Å². The summed E-state index contributed by atoms with van der Waals surface area (Å²) in [5.74, 6) is 0.453. The molecule has 2 aromatic carbocycles. The molecule has 136 valence electrons. The van der Waals surface area contributed by atoms with Gasteiger partial charge in [0.15, 0.2) is 5.75 Å². The van der Waals surface area contributed by atoms with Crippen LogP contribution in [0.1, 0.15) is 20.8 Å². The molecule has 0 aliphatic carbocycles. The van der Waals surface area contributed by atoms with Crippen molar-refractivity contribution < 1.29 is 14.3 Å². The van der Waals surface area contributed by atoms with Gasteiger partial charge in [-0.3, -0.25) is 4.98 Å². The number of aromatic nitrogens is 2. The Kier molecular flexibility index (Phi) is 4.28. The van der Waals surface area contributed by atoms with Gasteiger partial charge in [-0.2, -0.15) is 0 Å². The molecule has 6 heteroatoms. The number of thiophene rings is 1. The number of carbonyl (C=O) groups is 1. The van der Waals surface area contributed by atoms with E-state index in [-0.39, 0.29) is 0 Å². The van der Waals surface area contributed by atoms with Crippen LogP contribution < -0.4 is 4.74 Å². The number of hydrogen-bond donors (Lipinski definition) is 0. The molecule has 0 bridgehead atoms. The first-order chi connectivity index (χ1) is 12.9. The van der Waals surface area contributed by atoms with Gasteiger partial charge in [0.1, 0.15) is 11.3 Å². The van der Waals surface area contributed by atoms with Gasteiger partial charge in [0.2, 0.25) is 0 Å². The third kappa shape index (κ3) is 3.61. The van der Waals surface area contributed by atoms with Crippen molar-refractivity contribution >= 4 is 38.6 Å². The molecule has 0 fully saturated rings. The summed E-state index contributed by atoms with van der Waals surface area (Å²) in [5.41, 5.74) is 1.63. The van der Waals surface area contributed by atoms with Crippen LogP contribution in [0.3, 0.4) is 0 Å². The molecule has 0 spiro atoms. The Morgan fingerprint density at radius 1 is 1.00 bits per heavy atom. The van der Waals surface area contributed by atoms with Gasteiger partial charge in [-0.05, 0) is 45.0 Å². The highest BCUT2D eigenvalue weighted by atomic mass is 32.1. The Morgan fingerprint density at radius 2 is 1.70 bits per heavy atom. The van der Waals surface area contributed by atoms with E-state index in [2.05, 4.69) is 4.98 Å². The number of para-hydroxylation sites is 2. The zero-order valence-corrected chi connectivity index (χ0v) is 16.0. The van der Waals surface area contributed by atoms with Crippen molar-refractivity contribution in [3.8, 4) is 16.3 Å². The van der Waals surface area contributed by atoms with E-state index in [0.29, 0.717) is 11.4 Å². The van der Waals surface area contributed by atoms with Crippen LogP contribution in [0, 0.1) is 0 Å². The van der Waals surface area contributed by atoms with Crippen LogP contribution in [0.5, 0.6) is 5.75 Å². The average Bonchev–Trinajstić information content (AvgIpc) is 2.98. The first kappa shape index (κ1) is 17.4. The molecule has 0 N–H and O–H groups in total. The lowest BCUT2D eigenvalue weighted by atomic mass is 10.2. The second-order valence-corrected chi connectivity index (χ2v) is 8.12. The lowest BCUT2D eigenvalue weighted by Crippen LogP contribution is -2.26. The topological polar surface area (TPSA) is 61.3 Å². The van der Waals surface area contributed by atoms with Gasteiger partial charge >= 0.3 is 6.16 Å². The second-order valence-electron chi connectivity index (χ2n) is 7.07. The highest BCUT2D eigenvalue weighted by molar-refractivity contribution is 7.22. The molecule has 27 heavy (non-hydrogen) atoms. The van der Waals surface area contributed by atoms with E-state index in [9.17, 15) is 4.79 Å². The molecule has 0 saturated carbocycles. The maximum absolute atomic E-state index is 12.3. The first-order valence-electron chi connectivity index (χ1n) is 8.55. The van der Waals surface area contributed by atoms with Crippen LogP contribution in [-0.2, 0) is 4.74 Å². The summed E-state index contributed by atoms with van der Waals surface area (Å²) in [7, 11) is 0. The minimum absolute atomic E-state index is 0.453. The minimum Gasteiger partial charge on any atom is -0.428 e. The predicted octanol–water partition coefficient (Wildman–Crippen LogP) is 5.83. The van der Waals surface area contributed by atoms with Crippen LogP contribution in [0.2, 0.25) is 0 Å². The number of ether oxygens (including phenoxy) is 2. The molecule has 4 aromatic rings. The Hall–Kier alpha value is -2.99. The molecule has 0 atom stereocenters. The fraction of sp³-hybridized carbons (Fsp3) is 0.190. The van der Waals surface area contributed by atoms with E-state index >= 15 is 0 Å². The lowest BCUT2D eigenvalue weighted by molar-refractivity contribution is 0.0211. The van der Waals surface area contributed by atoms with Gasteiger partial charge in [0.25, 0.3) is 0 Å². The fourth-order valence-electron chi connectivity index (χ4n) is 2.71. The smallest absolute Gasteiger partial charge is 0.428 e. The van der Waals surface area contributed by atoms with Crippen LogP contribution in [-0.4, -0.2) is 21.7 Å². The number of carbonyl (C=O) groups excluding carboxylic acids is 1. The molecule has 2 aromatic heterocycles. The Balaban J connectivity index is 1.82. The first-order valence-corrected chi connectivity index (χ1v) is 9.37. The summed E-state index contributed by atoms with van der Waals surface area (Å²) in [4.78, 5) is 22.2. The van der Waals surface area contributed by atoms with Crippen molar-refractivity contribution in [2.24, 2.45) is 0 Å². The van der Waals surface area contributed by atoms with Gasteiger partial charge in [-0.15, -0.1) is 11.3 Å². The van der Waals surface area contributed by atoms with Gasteiger partial charge in [0, 0.05) is 10.1 Å². The van der Waals surface area contributed by atoms with Crippen molar-refractivity contribution in [3.63, 3.8) is 0 Å². The molecule has 0 radical (unpaired) electrons. The van der Waals surface area contributed by atoms with Gasteiger partial charge in [-0.25, -0.2) is 9.78 Å². The number of benzene rings is 2. The summed E-state index contributed by atoms with van der Waals surface area (Å²) in [6.07, 6.45) is 0.968. The van der Waals surface area contributed by atoms with Crippen molar-refractivity contribution in [3.05, 3.63) is 54.7 Å². The zero-order chi connectivity index (χ0) is 19.0. The minimum atomic E-state index is -0.735. The number of fused-ring (bicyclic) bond motifs is 2. The Morgan fingerprint density at radius 3 is 2.48 bits per heavy atom. The van der Waals surface area contributed by atoms with E-state index in [1.807, 2.05) is 48.5 Å². The molecule has 4 rings (SSSR count). The molecule has 5 nitrogen and oxygen atoms in total. The van der Waals surface area contributed by atoms with Crippen LogP contribution >= 0.6 is 11.3 Å². The molecule has 0 saturated heterocycles. The Bertz CT molecular complexity index is 1150. The predicted molar refractivity (Wildman–Crippen MR) is 107 cm³/mol. The van der Waals surface area contributed by atoms with E-state index in [0.717, 1.165) is 26.0 Å². The normalized spacial score (nSPS) is 11.7. The highest BCUT2D eigenvalue weighted by Gasteiger charge is 2.23. The third-order valence-electron chi connectivity index (χ3n) is 3.81. The molecule has 0 unspecified atom stereocenters. The largest absolute Gasteiger partial charge is 0.514 e. The zero-order valence-electron chi connectivity index (χ0n) is 15.2. The SMILES string of the molecule is CC(C)(C)OC(=O)Oc1c(-c2cnc3ccccc3n2)sc2ccccc12. The summed E-state index contributed by atoms with van der Waals surface area (Å²) >= 11 is 1.51. The van der Waals surface area contributed by atoms with Gasteiger partial charge in [0.05, 0.1) is 22.1 Å². The van der Waals surface area contributed by atoms with Crippen LogP contribution in [0.25, 0.3) is 31.7 Å². The standard InChI is InChI=1S/C21H18N2O3S/c1-21(2,3)26-20(24)25-18-13-8-4-7-11-17(13)27-19(18)16-12-22-14-9-5-6-10-15(14)23-16/h4-12H,1-3H3. The Labute approximate surface area is 160 Å². The van der Waals surface area contributed by atoms with Crippen LogP contribution in [0.4, 0.5) is 4.79 Å². The molecule has 0 aliphatic rings. The highest BCUT2D eigenvalue weighted by Crippen LogP contribution is 2.44. The molecule has 2 heterocycles. The van der Waals surface area contributed by atoms with Crippen molar-refractivity contribution in [1.82, 2.24) is 9.97 Å². The number of rotatable bonds is 2. The van der Waals surface area contributed by atoms with E-state index < -0.39 is 11.8 Å². The fourth-order valence-corrected chi connectivity index (χ4v) is 3.80. The molecule has 0 aliphatic heterocycles. The monoisotopic (exact) mass is 378 g/mol. The van der Waals surface area contributed by atoms with E-state index in [1.165, 1.54) is 11.3 Å². The molecule has 0 amide bonds. The molecular weight excluding hydrogens is 360 g/mol. The van der Waals surface area contributed by atoms with Gasteiger partial charge in [-0.1, -0.05) is 24.3 Å². The van der Waals surface area contributed by atoms with Crippen molar-refractivity contribution in [2.75, 3.05) is 0 Å². The summed E-state index contributed by atoms with van der Waals surface area (Å²) in [5, 5.41) is 0.846. The maximum atomic E-state index is 12.3. The summed E-state index contributed by atoms with van der Waals surface area (Å²) < 4.78 is 12.0. The summed E-state index contributed by atoms with van der Waals surface area (Å²) in [6.45, 7) is 5.40. The van der Waals surface area contributed by atoms with E-state index in [1.54, 1.807) is 27.0 Å². The maximum Gasteiger partial charge on any atom is 0.514 e.